The van der Waals surface area contributed by atoms with Crippen molar-refractivity contribution in [3.05, 3.63) is 42.7 Å². The van der Waals surface area contributed by atoms with Crippen LogP contribution in [0.1, 0.15) is 110 Å². The molecular weight excluding hydrogens is 678 g/mol. The van der Waals surface area contributed by atoms with Gasteiger partial charge in [-0.25, -0.2) is 9.55 Å². The molecule has 0 saturated carbocycles. The van der Waals surface area contributed by atoms with Crippen LogP contribution in [-0.2, 0) is 23.4 Å². The highest BCUT2D eigenvalue weighted by molar-refractivity contribution is 7.52. The van der Waals surface area contributed by atoms with Crippen molar-refractivity contribution >= 4 is 30.7 Å². The van der Waals surface area contributed by atoms with E-state index in [0.717, 1.165) is 25.7 Å². The second-order valence-electron chi connectivity index (χ2n) is 13.0. The van der Waals surface area contributed by atoms with Gasteiger partial charge in [-0.2, -0.15) is 19.4 Å². The Kier molecular flexibility index (Phi) is 15.6. The lowest BCUT2D eigenvalue weighted by molar-refractivity contribution is -0.145. The monoisotopic (exact) mass is 730 g/mol. The number of para-hydroxylation sites is 1. The highest BCUT2D eigenvalue weighted by Crippen LogP contribution is 2.48. The number of nitrogens with zero attached hydrogens (tertiary/aromatic N) is 4. The van der Waals surface area contributed by atoms with Crippen molar-refractivity contribution in [2.75, 3.05) is 18.9 Å². The number of terminal acetylenes is 1. The van der Waals surface area contributed by atoms with Crippen molar-refractivity contribution in [2.24, 2.45) is 0 Å². The number of nitrogens with one attached hydrogen (secondary N) is 1. The van der Waals surface area contributed by atoms with Crippen molar-refractivity contribution in [1.29, 1.82) is 0 Å². The lowest BCUT2D eigenvalue weighted by atomic mass is 9.99. The van der Waals surface area contributed by atoms with Gasteiger partial charge in [0, 0.05) is 6.42 Å². The molecule has 1 aliphatic rings. The van der Waals surface area contributed by atoms with Crippen LogP contribution in [0, 0.1) is 18.4 Å². The van der Waals surface area contributed by atoms with Crippen LogP contribution in [0.15, 0.2) is 36.7 Å². The van der Waals surface area contributed by atoms with E-state index in [-0.39, 0.29) is 35.8 Å². The summed E-state index contributed by atoms with van der Waals surface area (Å²) < 4.78 is 52.5. The van der Waals surface area contributed by atoms with E-state index in [9.17, 15) is 18.9 Å². The number of nitrogens with two attached hydrogens (primary N) is 1. The zero-order chi connectivity index (χ0) is 36.7. The Morgan fingerprint density at radius 2 is 1.75 bits per heavy atom. The molecule has 15 heteroatoms. The van der Waals surface area contributed by atoms with E-state index in [4.69, 9.17) is 30.7 Å². The molecule has 0 bridgehead atoms. The quantitative estimate of drug-likeness (QED) is 0.0300. The van der Waals surface area contributed by atoms with Crippen molar-refractivity contribution in [3.63, 3.8) is 0 Å². The largest absolute Gasteiger partial charge is 0.465 e. The summed E-state index contributed by atoms with van der Waals surface area (Å²) in [5.41, 5.74) is 4.15. The van der Waals surface area contributed by atoms with Gasteiger partial charge in [0.1, 0.15) is 30.7 Å². The molecule has 280 valence electrons. The Labute approximate surface area is 299 Å². The summed E-state index contributed by atoms with van der Waals surface area (Å²) in [6.45, 7) is 3.36. The summed E-state index contributed by atoms with van der Waals surface area (Å²) in [4.78, 5) is 24.2. The van der Waals surface area contributed by atoms with E-state index in [2.05, 4.69) is 32.9 Å². The number of aliphatic hydroxyl groups excluding tert-OH is 1. The van der Waals surface area contributed by atoms with Crippen LogP contribution in [0.3, 0.4) is 0 Å². The summed E-state index contributed by atoms with van der Waals surface area (Å²) >= 11 is 0. The van der Waals surface area contributed by atoms with Crippen LogP contribution in [0.4, 0.5) is 10.2 Å². The number of halogens is 1. The number of fused-ring (bicyclic) bond motifs is 1. The lowest BCUT2D eigenvalue weighted by Gasteiger charge is -2.29. The molecule has 1 unspecified atom stereocenters. The predicted molar refractivity (Wildman–Crippen MR) is 192 cm³/mol. The minimum absolute atomic E-state index is 0.0387. The van der Waals surface area contributed by atoms with Crippen LogP contribution in [-0.4, -0.2) is 61.6 Å². The third-order valence-electron chi connectivity index (χ3n) is 8.90. The Balaban J connectivity index is 1.27. The first kappa shape index (κ1) is 40.2. The molecule has 51 heavy (non-hydrogen) atoms. The van der Waals surface area contributed by atoms with Crippen molar-refractivity contribution in [3.8, 4) is 18.1 Å². The number of ether oxygens (including phenoxy) is 2. The van der Waals surface area contributed by atoms with Gasteiger partial charge in [-0.3, -0.25) is 13.9 Å². The number of rotatable bonds is 23. The van der Waals surface area contributed by atoms with E-state index in [1.807, 2.05) is 0 Å². The van der Waals surface area contributed by atoms with Gasteiger partial charge in [0.15, 0.2) is 22.6 Å². The third kappa shape index (κ3) is 11.7. The normalized spacial score (nSPS) is 20.5. The Morgan fingerprint density at radius 3 is 2.37 bits per heavy atom. The standard InChI is InChI=1S/C36H52FN6O7P/c1-4-6-7-8-9-10-11-12-13-14-15-16-20-23-47-34(45)27(3)42-51(46,50-28-21-18-17-19-22-28)48-25-36(5-2)29(44)24-30(49-36)43-26-39-31-32(38)40-35(37)41-33(31)43/h2,17-19,21-22,26-27,29-30,44H,4,6-16,20,23-25H2,1,3H3,(H,42,46)(H2,38,40,41)/t27-,29-,30+,36+,51?/m0/s1. The summed E-state index contributed by atoms with van der Waals surface area (Å²) in [6, 6.07) is 7.17. The number of aromatic nitrogens is 4. The average molecular weight is 731 g/mol. The first-order valence-electron chi connectivity index (χ1n) is 18.0. The van der Waals surface area contributed by atoms with Gasteiger partial charge < -0.3 is 24.8 Å². The molecule has 1 aromatic carbocycles. The minimum Gasteiger partial charge on any atom is -0.465 e. The molecule has 0 amide bonds. The molecule has 1 saturated heterocycles. The number of aliphatic hydroxyl groups is 1. The second kappa shape index (κ2) is 19.9. The number of esters is 1. The number of nitrogen functional groups attached to an aromatic ring is 1. The molecule has 3 heterocycles. The number of carbonyl (C=O) groups excluding carboxylic acids is 1. The first-order chi connectivity index (χ1) is 24.6. The van der Waals surface area contributed by atoms with E-state index in [1.165, 1.54) is 75.6 Å². The highest BCUT2D eigenvalue weighted by Gasteiger charge is 2.50. The highest BCUT2D eigenvalue weighted by atomic mass is 31.2. The van der Waals surface area contributed by atoms with Crippen molar-refractivity contribution < 1.29 is 37.4 Å². The SMILES string of the molecule is C#C[C@]1(COP(=O)(N[C@@H](C)C(=O)OCCCCCCCCCCCCCCC)Oc2ccccc2)O[C@@H](n2cnc3c(N)nc(F)nc32)C[C@@H]1O. The number of imidazole rings is 1. The van der Waals surface area contributed by atoms with Gasteiger partial charge in [-0.1, -0.05) is 108 Å². The first-order valence-corrected chi connectivity index (χ1v) is 19.6. The maximum atomic E-state index is 14.1. The van der Waals surface area contributed by atoms with Gasteiger partial charge in [0.25, 0.3) is 0 Å². The van der Waals surface area contributed by atoms with E-state index in [1.54, 1.807) is 30.3 Å². The zero-order valence-corrected chi connectivity index (χ0v) is 30.6. The minimum atomic E-state index is -4.33. The zero-order valence-electron chi connectivity index (χ0n) is 29.7. The molecule has 13 nitrogen and oxygen atoms in total. The maximum absolute atomic E-state index is 14.1. The van der Waals surface area contributed by atoms with Crippen molar-refractivity contribution in [2.45, 2.75) is 128 Å². The predicted octanol–water partition coefficient (Wildman–Crippen LogP) is 7.02. The second-order valence-corrected chi connectivity index (χ2v) is 14.7. The number of carbonyl (C=O) groups is 1. The van der Waals surface area contributed by atoms with Gasteiger partial charge in [0.2, 0.25) is 0 Å². The van der Waals surface area contributed by atoms with Gasteiger partial charge in [0.05, 0.1) is 12.9 Å². The molecule has 1 fully saturated rings. The van der Waals surface area contributed by atoms with Crippen LogP contribution in [0.5, 0.6) is 5.75 Å². The lowest BCUT2D eigenvalue weighted by Crippen LogP contribution is -2.43. The summed E-state index contributed by atoms with van der Waals surface area (Å²) in [5, 5.41) is 13.7. The van der Waals surface area contributed by atoms with Crippen LogP contribution in [0.2, 0.25) is 0 Å². The molecule has 3 aromatic rings. The number of hydrogen-bond acceptors (Lipinski definition) is 11. The van der Waals surface area contributed by atoms with Gasteiger partial charge in [-0.15, -0.1) is 6.42 Å². The Morgan fingerprint density at radius 1 is 1.12 bits per heavy atom. The molecular formula is C36H52FN6O7P. The van der Waals surface area contributed by atoms with Crippen LogP contribution >= 0.6 is 7.75 Å². The number of hydrogen-bond donors (Lipinski definition) is 3. The third-order valence-corrected chi connectivity index (χ3v) is 10.5. The smallest absolute Gasteiger partial charge is 0.459 e. The molecule has 0 spiro atoms. The topological polar surface area (TPSA) is 173 Å². The molecule has 1 aliphatic heterocycles. The Hall–Kier alpha value is -3.60. The van der Waals surface area contributed by atoms with Gasteiger partial charge >= 0.3 is 19.8 Å². The fourth-order valence-electron chi connectivity index (χ4n) is 5.94. The summed E-state index contributed by atoms with van der Waals surface area (Å²) in [7, 11) is -4.33. The number of anilines is 1. The number of benzene rings is 1. The van der Waals surface area contributed by atoms with Gasteiger partial charge in [-0.05, 0) is 25.5 Å². The summed E-state index contributed by atoms with van der Waals surface area (Å²) in [5.74, 6) is 1.82. The molecule has 5 atom stereocenters. The molecule has 4 rings (SSSR count). The molecule has 0 aliphatic carbocycles. The fourth-order valence-corrected chi connectivity index (χ4v) is 7.46. The number of unbranched alkanes of at least 4 members (excludes halogenated alkanes) is 12. The van der Waals surface area contributed by atoms with Crippen LogP contribution in [0.25, 0.3) is 11.2 Å². The van der Waals surface area contributed by atoms with Crippen LogP contribution < -0.4 is 15.3 Å². The van der Waals surface area contributed by atoms with E-state index < -0.39 is 50.4 Å². The molecule has 0 radical (unpaired) electrons. The van der Waals surface area contributed by atoms with E-state index in [0.29, 0.717) is 0 Å². The molecule has 2 aromatic heterocycles. The van der Waals surface area contributed by atoms with E-state index >= 15 is 0 Å². The average Bonchev–Trinajstić information content (AvgIpc) is 3.68. The van der Waals surface area contributed by atoms with Crippen molar-refractivity contribution in [1.82, 2.24) is 24.6 Å². The Bertz CT molecular complexity index is 1620. The fraction of sp³-hybridized carbons (Fsp3) is 0.611. The summed E-state index contributed by atoms with van der Waals surface area (Å²) in [6.07, 6.45) is 19.4. The maximum Gasteiger partial charge on any atom is 0.459 e. The molecule has 4 N–H and O–H groups in total.